The number of rotatable bonds is 7. The highest BCUT2D eigenvalue weighted by Crippen LogP contribution is 2.36. The lowest BCUT2D eigenvalue weighted by Crippen LogP contribution is -2.63. The van der Waals surface area contributed by atoms with Crippen molar-refractivity contribution in [3.63, 3.8) is 0 Å². The summed E-state index contributed by atoms with van der Waals surface area (Å²) in [6.07, 6.45) is -10.1. The SMILES string of the molecule is C[SH](C)(=O)OC[C@H]1O[C@H](O[C@]2(CO)O[C@H](CO)[C@@H](O)[C@@H]2O)[C@H](O)[C@@H](O)[C@@H]1O. The monoisotopic (exact) mass is 420 g/mol. The van der Waals surface area contributed by atoms with Gasteiger partial charge in [-0.25, -0.2) is 4.21 Å². The van der Waals surface area contributed by atoms with Gasteiger partial charge in [-0.15, -0.1) is 0 Å². The number of aliphatic hydroxyl groups excluding tert-OH is 7. The molecular formula is C14H28O12S. The van der Waals surface area contributed by atoms with Gasteiger partial charge in [-0.05, 0) is 0 Å². The van der Waals surface area contributed by atoms with Gasteiger partial charge in [-0.3, -0.25) is 4.18 Å². The van der Waals surface area contributed by atoms with Crippen molar-refractivity contribution >= 4 is 10.2 Å². The number of hydrogen-bond acceptors (Lipinski definition) is 12. The Bertz CT molecular complexity index is 542. The van der Waals surface area contributed by atoms with E-state index in [0.29, 0.717) is 0 Å². The van der Waals surface area contributed by atoms with E-state index in [-0.39, 0.29) is 0 Å². The molecule has 13 heteroatoms. The summed E-state index contributed by atoms with van der Waals surface area (Å²) in [7, 11) is -2.93. The van der Waals surface area contributed by atoms with E-state index in [9.17, 15) is 40.0 Å². The van der Waals surface area contributed by atoms with E-state index in [1.54, 1.807) is 0 Å². The lowest BCUT2D eigenvalue weighted by atomic mass is 9.99. The van der Waals surface area contributed by atoms with Crippen molar-refractivity contribution in [1.29, 1.82) is 0 Å². The third kappa shape index (κ3) is 4.83. The van der Waals surface area contributed by atoms with E-state index in [0.717, 1.165) is 0 Å². The Morgan fingerprint density at radius 3 is 2.07 bits per heavy atom. The summed E-state index contributed by atoms with van der Waals surface area (Å²) in [5.74, 6) is -2.25. The minimum absolute atomic E-state index is 0.396. The maximum atomic E-state index is 11.7. The maximum absolute atomic E-state index is 11.7. The van der Waals surface area contributed by atoms with Gasteiger partial charge in [0, 0.05) is 12.5 Å². The minimum Gasteiger partial charge on any atom is -0.394 e. The molecule has 0 spiro atoms. The Labute approximate surface area is 156 Å². The molecule has 2 aliphatic rings. The molecule has 0 aliphatic carbocycles. The lowest BCUT2D eigenvalue weighted by molar-refractivity contribution is -0.383. The summed E-state index contributed by atoms with van der Waals surface area (Å²) < 4.78 is 32.6. The van der Waals surface area contributed by atoms with Crippen molar-refractivity contribution in [2.45, 2.75) is 54.8 Å². The van der Waals surface area contributed by atoms with E-state index in [4.69, 9.17) is 18.4 Å². The molecule has 2 fully saturated rings. The molecule has 0 radical (unpaired) electrons. The Balaban J connectivity index is 2.16. The zero-order valence-corrected chi connectivity index (χ0v) is 15.8. The fraction of sp³-hybridized carbons (Fsp3) is 1.00. The van der Waals surface area contributed by atoms with Crippen molar-refractivity contribution < 1.29 is 58.3 Å². The highest BCUT2D eigenvalue weighted by molar-refractivity contribution is 7.97. The summed E-state index contributed by atoms with van der Waals surface area (Å²) in [6.45, 7) is -2.06. The first-order valence-electron chi connectivity index (χ1n) is 8.28. The van der Waals surface area contributed by atoms with E-state index >= 15 is 0 Å². The summed E-state index contributed by atoms with van der Waals surface area (Å²) in [6, 6.07) is 0. The van der Waals surface area contributed by atoms with Crippen LogP contribution in [0.1, 0.15) is 0 Å². The van der Waals surface area contributed by atoms with E-state index in [1.807, 2.05) is 0 Å². The number of thiol groups is 1. The van der Waals surface area contributed by atoms with Gasteiger partial charge >= 0.3 is 0 Å². The van der Waals surface area contributed by atoms with Crippen LogP contribution in [0.15, 0.2) is 0 Å². The molecule has 2 heterocycles. The molecule has 7 N–H and O–H groups in total. The second-order valence-corrected chi connectivity index (χ2v) is 9.69. The van der Waals surface area contributed by atoms with Gasteiger partial charge in [0.1, 0.15) is 49.3 Å². The number of hydrogen-bond donors (Lipinski definition) is 8. The molecule has 0 bridgehead atoms. The van der Waals surface area contributed by atoms with Gasteiger partial charge in [0.2, 0.25) is 5.79 Å². The lowest BCUT2D eigenvalue weighted by Gasteiger charge is -2.43. The molecule has 2 rings (SSSR count). The first-order valence-corrected chi connectivity index (χ1v) is 10.8. The van der Waals surface area contributed by atoms with Gasteiger partial charge in [0.25, 0.3) is 0 Å². The first kappa shape index (κ1) is 23.0. The average molecular weight is 420 g/mol. The molecule has 2 saturated heterocycles. The van der Waals surface area contributed by atoms with Crippen molar-refractivity contribution in [1.82, 2.24) is 0 Å². The highest BCUT2D eigenvalue weighted by Gasteiger charge is 2.58. The molecule has 0 unspecified atom stereocenters. The molecule has 2 aliphatic heterocycles. The highest BCUT2D eigenvalue weighted by atomic mass is 32.3. The zero-order chi connectivity index (χ0) is 20.6. The van der Waals surface area contributed by atoms with Crippen LogP contribution in [0.4, 0.5) is 0 Å². The summed E-state index contributed by atoms with van der Waals surface area (Å²) in [5, 5.41) is 69.0. The first-order chi connectivity index (χ1) is 12.5. The van der Waals surface area contributed by atoms with Gasteiger partial charge in [0.05, 0.1) is 13.2 Å². The van der Waals surface area contributed by atoms with Gasteiger partial charge < -0.3 is 50.0 Å². The van der Waals surface area contributed by atoms with Crippen LogP contribution < -0.4 is 0 Å². The molecule has 0 aromatic rings. The Morgan fingerprint density at radius 1 is 0.963 bits per heavy atom. The van der Waals surface area contributed by atoms with Crippen LogP contribution in [0.2, 0.25) is 0 Å². The largest absolute Gasteiger partial charge is 0.394 e. The Morgan fingerprint density at radius 2 is 1.59 bits per heavy atom. The second kappa shape index (κ2) is 8.61. The van der Waals surface area contributed by atoms with E-state index in [2.05, 4.69) is 0 Å². The minimum atomic E-state index is -2.93. The normalized spacial score (nSPS) is 46.6. The molecule has 0 aromatic carbocycles. The van der Waals surface area contributed by atoms with Crippen LogP contribution in [-0.2, 0) is 28.6 Å². The van der Waals surface area contributed by atoms with Crippen LogP contribution >= 0.6 is 0 Å². The van der Waals surface area contributed by atoms with Crippen LogP contribution in [0.25, 0.3) is 0 Å². The predicted octanol–water partition coefficient (Wildman–Crippen LogP) is -5.18. The van der Waals surface area contributed by atoms with Crippen molar-refractivity contribution in [2.75, 3.05) is 32.3 Å². The van der Waals surface area contributed by atoms with Gasteiger partial charge in [0.15, 0.2) is 6.29 Å². The fourth-order valence-electron chi connectivity index (χ4n) is 2.87. The van der Waals surface area contributed by atoms with E-state index in [1.165, 1.54) is 12.5 Å². The smallest absolute Gasteiger partial charge is 0.224 e. The fourth-order valence-corrected chi connectivity index (χ4v) is 3.38. The van der Waals surface area contributed by atoms with Crippen LogP contribution in [-0.4, -0.2) is 127 Å². The topological polar surface area (TPSA) is 196 Å². The molecular weight excluding hydrogens is 392 g/mol. The molecule has 0 saturated carbocycles. The quantitative estimate of drug-likeness (QED) is 0.183. The Hall–Kier alpha value is -0.290. The average Bonchev–Trinajstić information content (AvgIpc) is 2.85. The standard InChI is InChI=1S/C14H28O12S/c1-27(2,22)23-4-7-8(17)10(19)11(20)13(24-7)26-14(5-16)12(21)9(18)6(3-15)25-14/h6-13,15-21,27H,3-5H2,1-2H3/t6-,7-,8-,9-,10+,11-,12+,13-,14+/m1/s1. The van der Waals surface area contributed by atoms with Crippen molar-refractivity contribution in [3.05, 3.63) is 0 Å². The van der Waals surface area contributed by atoms with Gasteiger partial charge in [-0.1, -0.05) is 0 Å². The van der Waals surface area contributed by atoms with Crippen LogP contribution in [0, 0.1) is 0 Å². The second-order valence-electron chi connectivity index (χ2n) is 6.92. The third-order valence-corrected chi connectivity index (χ3v) is 5.21. The van der Waals surface area contributed by atoms with Crippen molar-refractivity contribution in [3.8, 4) is 0 Å². The van der Waals surface area contributed by atoms with Crippen LogP contribution in [0.5, 0.6) is 0 Å². The molecule has 162 valence electrons. The predicted molar refractivity (Wildman–Crippen MR) is 88.9 cm³/mol. The molecule has 12 nitrogen and oxygen atoms in total. The number of aliphatic hydroxyl groups is 7. The Kier molecular flexibility index (Phi) is 7.33. The molecule has 0 aromatic heterocycles. The van der Waals surface area contributed by atoms with Gasteiger partial charge in [-0.2, -0.15) is 10.2 Å². The maximum Gasteiger partial charge on any atom is 0.224 e. The third-order valence-electron chi connectivity index (χ3n) is 4.44. The van der Waals surface area contributed by atoms with Crippen LogP contribution in [0.3, 0.4) is 0 Å². The molecule has 9 atom stereocenters. The summed E-state index contributed by atoms with van der Waals surface area (Å²) in [5.41, 5.74) is 0. The number of ether oxygens (including phenoxy) is 3. The zero-order valence-electron chi connectivity index (χ0n) is 14.9. The summed E-state index contributed by atoms with van der Waals surface area (Å²) >= 11 is 0. The molecule has 27 heavy (non-hydrogen) atoms. The van der Waals surface area contributed by atoms with E-state index < -0.39 is 84.8 Å². The summed E-state index contributed by atoms with van der Waals surface area (Å²) in [4.78, 5) is 0. The van der Waals surface area contributed by atoms with Crippen molar-refractivity contribution in [2.24, 2.45) is 0 Å². The molecule has 0 amide bonds.